The molecule has 1 aliphatic rings. The first-order valence-corrected chi connectivity index (χ1v) is 3.24. The van der Waals surface area contributed by atoms with Crippen molar-refractivity contribution >= 4 is 5.78 Å². The Balaban J connectivity index is 2.64. The first-order chi connectivity index (χ1) is 4.25. The molecule has 0 spiro atoms. The highest BCUT2D eigenvalue weighted by Gasteiger charge is 2.28. The van der Waals surface area contributed by atoms with Crippen molar-refractivity contribution in [3.05, 3.63) is 0 Å². The fraction of sp³-hybridized carbons (Fsp3) is 0.625. The third kappa shape index (κ3) is 0.977. The zero-order valence-electron chi connectivity index (χ0n) is 5.55. The summed E-state index contributed by atoms with van der Waals surface area (Å²) in [5.41, 5.74) is 0. The summed E-state index contributed by atoms with van der Waals surface area (Å²) in [5, 5.41) is 0. The molecule has 0 aromatic heterocycles. The van der Waals surface area contributed by atoms with Gasteiger partial charge in [0.15, 0.2) is 0 Å². The van der Waals surface area contributed by atoms with Crippen molar-refractivity contribution in [2.45, 2.75) is 19.8 Å². The van der Waals surface area contributed by atoms with Crippen LogP contribution in [0.4, 0.5) is 0 Å². The number of ketones is 1. The first-order valence-electron chi connectivity index (χ1n) is 3.24. The first kappa shape index (κ1) is 6.35. The molecule has 1 fully saturated rings. The van der Waals surface area contributed by atoms with E-state index in [1.807, 2.05) is 6.92 Å². The molecular weight excluding hydrogens is 112 g/mol. The van der Waals surface area contributed by atoms with Crippen LogP contribution in [0, 0.1) is 24.2 Å². The van der Waals surface area contributed by atoms with E-state index in [1.165, 1.54) is 0 Å². The summed E-state index contributed by atoms with van der Waals surface area (Å²) >= 11 is 0. The second-order valence-corrected chi connectivity index (χ2v) is 2.57. The van der Waals surface area contributed by atoms with Gasteiger partial charge in [0.2, 0.25) is 0 Å². The second kappa shape index (κ2) is 2.23. The highest BCUT2D eigenvalue weighted by molar-refractivity contribution is 5.83. The van der Waals surface area contributed by atoms with Gasteiger partial charge in [0, 0.05) is 18.3 Å². The minimum absolute atomic E-state index is 0.120. The predicted octanol–water partition coefficient (Wildman–Crippen LogP) is 1.23. The lowest BCUT2D eigenvalue weighted by molar-refractivity contribution is -0.120. The normalized spacial score (nSPS) is 34.4. The molecule has 1 saturated carbocycles. The van der Waals surface area contributed by atoms with Crippen LogP contribution in [-0.4, -0.2) is 5.78 Å². The molecule has 2 unspecified atom stereocenters. The Morgan fingerprint density at radius 2 is 2.44 bits per heavy atom. The highest BCUT2D eigenvalue weighted by atomic mass is 16.1. The molecule has 0 aliphatic heterocycles. The maximum atomic E-state index is 10.8. The smallest absolute Gasteiger partial charge is 0.136 e. The SMILES string of the molecule is C#CC1CCC(=O)C1C. The van der Waals surface area contributed by atoms with Gasteiger partial charge in [-0.05, 0) is 6.42 Å². The number of hydrogen-bond acceptors (Lipinski definition) is 1. The Morgan fingerprint density at radius 1 is 1.78 bits per heavy atom. The molecule has 0 N–H and O–H groups in total. The number of hydrogen-bond donors (Lipinski definition) is 0. The van der Waals surface area contributed by atoms with Crippen LogP contribution < -0.4 is 0 Å². The van der Waals surface area contributed by atoms with Crippen molar-refractivity contribution in [2.24, 2.45) is 11.8 Å². The molecule has 1 nitrogen and oxygen atoms in total. The molecule has 0 amide bonds. The summed E-state index contributed by atoms with van der Waals surface area (Å²) in [5.74, 6) is 3.29. The van der Waals surface area contributed by atoms with E-state index < -0.39 is 0 Å². The summed E-state index contributed by atoms with van der Waals surface area (Å²) in [7, 11) is 0. The largest absolute Gasteiger partial charge is 0.299 e. The molecule has 0 radical (unpaired) electrons. The summed E-state index contributed by atoms with van der Waals surface area (Å²) in [6, 6.07) is 0. The standard InChI is InChI=1S/C8H10O/c1-3-7-4-5-8(9)6(7)2/h1,6-7H,4-5H2,2H3. The molecule has 1 heteroatoms. The van der Waals surface area contributed by atoms with Gasteiger partial charge in [0.05, 0.1) is 0 Å². The summed E-state index contributed by atoms with van der Waals surface area (Å²) in [6.07, 6.45) is 6.77. The van der Waals surface area contributed by atoms with Crippen LogP contribution in [0.15, 0.2) is 0 Å². The topological polar surface area (TPSA) is 17.1 Å². The van der Waals surface area contributed by atoms with E-state index in [4.69, 9.17) is 6.42 Å². The average molecular weight is 122 g/mol. The Bertz CT molecular complexity index is 164. The summed E-state index contributed by atoms with van der Waals surface area (Å²) < 4.78 is 0. The van der Waals surface area contributed by atoms with E-state index in [9.17, 15) is 4.79 Å². The van der Waals surface area contributed by atoms with Crippen LogP contribution in [0.5, 0.6) is 0 Å². The van der Waals surface area contributed by atoms with Crippen LogP contribution in [0.1, 0.15) is 19.8 Å². The Morgan fingerprint density at radius 3 is 2.67 bits per heavy atom. The molecule has 1 rings (SSSR count). The molecule has 48 valence electrons. The van der Waals surface area contributed by atoms with Crippen molar-refractivity contribution in [1.82, 2.24) is 0 Å². The second-order valence-electron chi connectivity index (χ2n) is 2.57. The predicted molar refractivity (Wildman–Crippen MR) is 35.7 cm³/mol. The number of rotatable bonds is 0. The molecule has 0 heterocycles. The lowest BCUT2D eigenvalue weighted by Crippen LogP contribution is -2.07. The molecule has 0 aromatic rings. The fourth-order valence-corrected chi connectivity index (χ4v) is 1.23. The third-order valence-electron chi connectivity index (χ3n) is 2.03. The van der Waals surface area contributed by atoms with E-state index in [2.05, 4.69) is 5.92 Å². The van der Waals surface area contributed by atoms with E-state index in [0.29, 0.717) is 12.2 Å². The van der Waals surface area contributed by atoms with Crippen molar-refractivity contribution in [1.29, 1.82) is 0 Å². The minimum atomic E-state index is 0.120. The van der Waals surface area contributed by atoms with Crippen molar-refractivity contribution in [3.63, 3.8) is 0 Å². The lowest BCUT2D eigenvalue weighted by Gasteiger charge is -2.03. The van der Waals surface area contributed by atoms with Gasteiger partial charge >= 0.3 is 0 Å². The average Bonchev–Trinajstić information content (AvgIpc) is 2.15. The van der Waals surface area contributed by atoms with Crippen molar-refractivity contribution < 1.29 is 4.79 Å². The fourth-order valence-electron chi connectivity index (χ4n) is 1.23. The van der Waals surface area contributed by atoms with Crippen molar-refractivity contribution in [3.8, 4) is 12.3 Å². The number of terminal acetylenes is 1. The van der Waals surface area contributed by atoms with Gasteiger partial charge in [-0.2, -0.15) is 0 Å². The van der Waals surface area contributed by atoms with Crippen molar-refractivity contribution in [2.75, 3.05) is 0 Å². The monoisotopic (exact) mass is 122 g/mol. The van der Waals surface area contributed by atoms with Crippen LogP contribution in [-0.2, 0) is 4.79 Å². The maximum Gasteiger partial charge on any atom is 0.136 e. The van der Waals surface area contributed by atoms with Crippen LogP contribution in [0.25, 0.3) is 0 Å². The summed E-state index contributed by atoms with van der Waals surface area (Å²) in [4.78, 5) is 10.8. The van der Waals surface area contributed by atoms with Crippen LogP contribution in [0.3, 0.4) is 0 Å². The third-order valence-corrected chi connectivity index (χ3v) is 2.03. The maximum absolute atomic E-state index is 10.8. The van der Waals surface area contributed by atoms with Gasteiger partial charge < -0.3 is 0 Å². The minimum Gasteiger partial charge on any atom is -0.299 e. The van der Waals surface area contributed by atoms with Crippen LogP contribution >= 0.6 is 0 Å². The molecule has 0 bridgehead atoms. The van der Waals surface area contributed by atoms with Gasteiger partial charge in [-0.25, -0.2) is 0 Å². The number of carbonyl (C=O) groups excluding carboxylic acids is 1. The lowest BCUT2D eigenvalue weighted by atomic mass is 9.99. The van der Waals surface area contributed by atoms with Gasteiger partial charge in [-0.1, -0.05) is 6.92 Å². The molecule has 2 atom stereocenters. The van der Waals surface area contributed by atoms with Crippen LogP contribution in [0.2, 0.25) is 0 Å². The van der Waals surface area contributed by atoms with E-state index in [1.54, 1.807) is 0 Å². The molecule has 1 aliphatic carbocycles. The molecule has 0 aromatic carbocycles. The quantitative estimate of drug-likeness (QED) is 0.442. The zero-order chi connectivity index (χ0) is 6.85. The molecule has 9 heavy (non-hydrogen) atoms. The highest BCUT2D eigenvalue weighted by Crippen LogP contribution is 2.26. The van der Waals surface area contributed by atoms with Gasteiger partial charge in [0.25, 0.3) is 0 Å². The van der Waals surface area contributed by atoms with E-state index in [-0.39, 0.29) is 11.8 Å². The molecular formula is C8H10O. The Labute approximate surface area is 55.4 Å². The van der Waals surface area contributed by atoms with Gasteiger partial charge in [0.1, 0.15) is 5.78 Å². The van der Waals surface area contributed by atoms with E-state index in [0.717, 1.165) is 6.42 Å². The number of carbonyl (C=O) groups is 1. The number of Topliss-reactive ketones (excluding diaryl/α,β-unsaturated/α-hetero) is 1. The Hall–Kier alpha value is -0.770. The molecule has 0 saturated heterocycles. The summed E-state index contributed by atoms with van der Waals surface area (Å²) in [6.45, 7) is 1.92. The van der Waals surface area contributed by atoms with Gasteiger partial charge in [-0.3, -0.25) is 4.79 Å². The van der Waals surface area contributed by atoms with Gasteiger partial charge in [-0.15, -0.1) is 12.3 Å². The zero-order valence-corrected chi connectivity index (χ0v) is 5.55. The Kier molecular flexibility index (Phi) is 1.57. The van der Waals surface area contributed by atoms with E-state index >= 15 is 0 Å².